The molecule has 0 spiro atoms. The van der Waals surface area contributed by atoms with Gasteiger partial charge in [-0.25, -0.2) is 4.39 Å². The van der Waals surface area contributed by atoms with Crippen molar-refractivity contribution in [1.82, 2.24) is 9.88 Å². The minimum atomic E-state index is -1.17. The molecule has 0 aromatic carbocycles. The number of rotatable bonds is 5. The fraction of sp³-hybridized carbons (Fsp3) is 0.316. The van der Waals surface area contributed by atoms with Crippen LogP contribution in [-0.2, 0) is 0 Å². The lowest BCUT2D eigenvalue weighted by atomic mass is 9.89. The van der Waals surface area contributed by atoms with Crippen LogP contribution >= 0.6 is 11.6 Å². The first-order valence-electron chi connectivity index (χ1n) is 8.01. The van der Waals surface area contributed by atoms with Crippen LogP contribution < -0.4 is 5.73 Å². The summed E-state index contributed by atoms with van der Waals surface area (Å²) in [6.45, 7) is 8.01. The highest BCUT2D eigenvalue weighted by Gasteiger charge is 2.32. The molecule has 3 nitrogen and oxygen atoms in total. The van der Waals surface area contributed by atoms with Crippen LogP contribution in [0.2, 0.25) is 5.02 Å². The molecule has 2 N–H and O–H groups in total. The Labute approximate surface area is 148 Å². The largest absolute Gasteiger partial charge is 0.329 e. The Kier molecular flexibility index (Phi) is 6.35. The monoisotopic (exact) mass is 347 g/mol. The van der Waals surface area contributed by atoms with Crippen molar-refractivity contribution in [2.45, 2.75) is 32.9 Å². The van der Waals surface area contributed by atoms with Crippen LogP contribution in [0.5, 0.6) is 0 Å². The molecule has 0 amide bonds. The zero-order valence-electron chi connectivity index (χ0n) is 14.1. The number of aromatic nitrogens is 1. The molecule has 0 saturated heterocycles. The molecular formula is C19H23ClFN3. The molecule has 0 fully saturated rings. The average Bonchev–Trinajstić information content (AvgIpc) is 2.57. The number of halogens is 2. The minimum absolute atomic E-state index is 0.131. The molecule has 128 valence electrons. The zero-order chi connectivity index (χ0) is 17.7. The van der Waals surface area contributed by atoms with E-state index in [2.05, 4.69) is 24.6 Å². The Balaban J connectivity index is 2.77. The van der Waals surface area contributed by atoms with Crippen LogP contribution in [0.3, 0.4) is 0 Å². The van der Waals surface area contributed by atoms with E-state index in [1.165, 1.54) is 0 Å². The molecule has 0 radical (unpaired) electrons. The zero-order valence-corrected chi connectivity index (χ0v) is 14.9. The van der Waals surface area contributed by atoms with E-state index in [0.29, 0.717) is 10.7 Å². The van der Waals surface area contributed by atoms with Crippen molar-refractivity contribution < 1.29 is 4.39 Å². The molecule has 1 aliphatic heterocycles. The van der Waals surface area contributed by atoms with Crippen molar-refractivity contribution in [1.29, 1.82) is 0 Å². The fourth-order valence-electron chi connectivity index (χ4n) is 2.90. The van der Waals surface area contributed by atoms with Crippen molar-refractivity contribution in [2.75, 3.05) is 6.67 Å². The normalized spacial score (nSPS) is 19.5. The molecular weight excluding hydrogens is 325 g/mol. The first kappa shape index (κ1) is 18.4. The molecule has 0 bridgehead atoms. The second kappa shape index (κ2) is 8.27. The predicted molar refractivity (Wildman–Crippen MR) is 98.9 cm³/mol. The van der Waals surface area contributed by atoms with Crippen molar-refractivity contribution >= 4 is 17.3 Å². The Morgan fingerprint density at radius 2 is 2.33 bits per heavy atom. The molecule has 2 heterocycles. The smallest absolute Gasteiger partial charge is 0.143 e. The average molecular weight is 348 g/mol. The lowest BCUT2D eigenvalue weighted by molar-refractivity contribution is 0.299. The lowest BCUT2D eigenvalue weighted by Crippen LogP contribution is -2.36. The highest BCUT2D eigenvalue weighted by molar-refractivity contribution is 6.32. The third-order valence-corrected chi connectivity index (χ3v) is 4.28. The van der Waals surface area contributed by atoms with Gasteiger partial charge in [0.1, 0.15) is 6.17 Å². The highest BCUT2D eigenvalue weighted by atomic mass is 35.5. The van der Waals surface area contributed by atoms with E-state index >= 15 is 0 Å². The third kappa shape index (κ3) is 3.60. The number of nitrogens with two attached hydrogens (primary N) is 1. The Morgan fingerprint density at radius 1 is 1.58 bits per heavy atom. The highest BCUT2D eigenvalue weighted by Crippen LogP contribution is 2.41. The number of hydrogen-bond donors (Lipinski definition) is 1. The topological polar surface area (TPSA) is 42.2 Å². The first-order chi connectivity index (χ1) is 11.5. The maximum atomic E-state index is 14.6. The molecule has 1 atom stereocenters. The summed E-state index contributed by atoms with van der Waals surface area (Å²) in [6, 6.07) is 1.82. The van der Waals surface area contributed by atoms with Gasteiger partial charge in [-0.3, -0.25) is 4.98 Å². The van der Waals surface area contributed by atoms with E-state index < -0.39 is 6.17 Å². The number of alkyl halides is 1. The Bertz CT molecular complexity index is 706. The van der Waals surface area contributed by atoms with Gasteiger partial charge in [-0.05, 0) is 30.6 Å². The standard InChI is InChI=1S/C19H23ClFN3/c1-4-6-14(7-5-2)16-10-18(21)13(3)24(12-22)19(16)15-8-9-23-11-17(15)20/h4,6-9,11,18H,3,5,10,12,22H2,1-2H3/b6-4-,14-7+. The molecule has 1 aromatic rings. The summed E-state index contributed by atoms with van der Waals surface area (Å²) in [5, 5.41) is 0.505. The summed E-state index contributed by atoms with van der Waals surface area (Å²) in [4.78, 5) is 5.74. The molecule has 1 aliphatic rings. The van der Waals surface area contributed by atoms with E-state index in [1.807, 2.05) is 25.1 Å². The van der Waals surface area contributed by atoms with Gasteiger partial charge in [0.2, 0.25) is 0 Å². The van der Waals surface area contributed by atoms with Gasteiger partial charge in [0.15, 0.2) is 0 Å². The van der Waals surface area contributed by atoms with Gasteiger partial charge in [0.25, 0.3) is 0 Å². The summed E-state index contributed by atoms with van der Waals surface area (Å²) in [5.41, 5.74) is 9.73. The lowest BCUT2D eigenvalue weighted by Gasteiger charge is -2.37. The SMILES string of the molecule is C=C1C(F)CC(C(/C=C\C)=C/CC)=C(c2ccncc2Cl)N1CN. The van der Waals surface area contributed by atoms with E-state index in [1.54, 1.807) is 17.3 Å². The number of pyridine rings is 1. The van der Waals surface area contributed by atoms with Crippen LogP contribution in [0.4, 0.5) is 4.39 Å². The van der Waals surface area contributed by atoms with Crippen LogP contribution in [0.1, 0.15) is 32.3 Å². The Hall–Kier alpha value is -1.91. The predicted octanol–water partition coefficient (Wildman–Crippen LogP) is 4.83. The quantitative estimate of drug-likeness (QED) is 0.775. The summed E-state index contributed by atoms with van der Waals surface area (Å²) in [5.74, 6) is 0. The summed E-state index contributed by atoms with van der Waals surface area (Å²) >= 11 is 6.36. The number of allylic oxidation sites excluding steroid dienone is 6. The molecule has 1 unspecified atom stereocenters. The molecule has 24 heavy (non-hydrogen) atoms. The van der Waals surface area contributed by atoms with Crippen molar-refractivity contribution in [2.24, 2.45) is 5.73 Å². The molecule has 5 heteroatoms. The Morgan fingerprint density at radius 3 is 2.92 bits per heavy atom. The summed E-state index contributed by atoms with van der Waals surface area (Å²) in [7, 11) is 0. The third-order valence-electron chi connectivity index (χ3n) is 3.98. The molecule has 2 rings (SSSR count). The van der Waals surface area contributed by atoms with Gasteiger partial charge in [-0.2, -0.15) is 0 Å². The van der Waals surface area contributed by atoms with Gasteiger partial charge >= 0.3 is 0 Å². The van der Waals surface area contributed by atoms with Crippen LogP contribution in [0.15, 0.2) is 60.1 Å². The van der Waals surface area contributed by atoms with Gasteiger partial charge in [0, 0.05) is 30.1 Å². The van der Waals surface area contributed by atoms with E-state index in [0.717, 1.165) is 28.8 Å². The minimum Gasteiger partial charge on any atom is -0.329 e. The van der Waals surface area contributed by atoms with E-state index in [4.69, 9.17) is 17.3 Å². The van der Waals surface area contributed by atoms with Crippen molar-refractivity contribution in [3.05, 3.63) is 70.7 Å². The molecule has 0 aliphatic carbocycles. The van der Waals surface area contributed by atoms with Crippen molar-refractivity contribution in [3.63, 3.8) is 0 Å². The number of nitrogens with zero attached hydrogens (tertiary/aromatic N) is 2. The van der Waals surface area contributed by atoms with E-state index in [-0.39, 0.29) is 13.1 Å². The van der Waals surface area contributed by atoms with Crippen molar-refractivity contribution in [3.8, 4) is 0 Å². The van der Waals surface area contributed by atoms with Gasteiger partial charge in [0.05, 0.1) is 17.4 Å². The molecule has 0 saturated carbocycles. The van der Waals surface area contributed by atoms with Gasteiger partial charge in [-0.1, -0.05) is 43.3 Å². The van der Waals surface area contributed by atoms with Crippen LogP contribution in [0, 0.1) is 0 Å². The van der Waals surface area contributed by atoms with Crippen LogP contribution in [-0.4, -0.2) is 22.7 Å². The maximum absolute atomic E-state index is 14.6. The first-order valence-corrected chi connectivity index (χ1v) is 8.39. The maximum Gasteiger partial charge on any atom is 0.143 e. The van der Waals surface area contributed by atoms with E-state index in [9.17, 15) is 4.39 Å². The second-order valence-corrected chi connectivity index (χ2v) is 5.93. The summed E-state index contributed by atoms with van der Waals surface area (Å²) < 4.78 is 14.6. The van der Waals surface area contributed by atoms with Gasteiger partial charge < -0.3 is 10.6 Å². The van der Waals surface area contributed by atoms with Crippen LogP contribution in [0.25, 0.3) is 5.70 Å². The fourth-order valence-corrected chi connectivity index (χ4v) is 3.11. The van der Waals surface area contributed by atoms with Gasteiger partial charge in [-0.15, -0.1) is 0 Å². The number of hydrogen-bond acceptors (Lipinski definition) is 3. The summed E-state index contributed by atoms with van der Waals surface area (Å²) in [6.07, 6.45) is 9.20. The molecule has 1 aromatic heterocycles. The second-order valence-electron chi connectivity index (χ2n) is 5.52.